The third-order valence-electron chi connectivity index (χ3n) is 2.49. The molecule has 5 heteroatoms. The highest BCUT2D eigenvalue weighted by Crippen LogP contribution is 2.27. The number of ether oxygens (including phenoxy) is 2. The van der Waals surface area contributed by atoms with E-state index in [1.807, 2.05) is 13.0 Å². The fraction of sp³-hybridized carbons (Fsp3) is 0.462. The fourth-order valence-electron chi connectivity index (χ4n) is 1.42. The van der Waals surface area contributed by atoms with E-state index in [0.717, 1.165) is 5.56 Å². The molecule has 0 aliphatic carbocycles. The summed E-state index contributed by atoms with van der Waals surface area (Å²) in [6.07, 6.45) is 0.935. The Kier molecular flexibility index (Phi) is 5.95. The molecule has 0 unspecified atom stereocenters. The number of rotatable bonds is 6. The highest BCUT2D eigenvalue weighted by molar-refractivity contribution is 6.32. The van der Waals surface area contributed by atoms with Crippen molar-refractivity contribution >= 4 is 17.6 Å². The molecule has 0 saturated carbocycles. The van der Waals surface area contributed by atoms with Crippen LogP contribution in [0.15, 0.2) is 18.2 Å². The first-order chi connectivity index (χ1) is 8.54. The molecule has 0 aromatic heterocycles. The van der Waals surface area contributed by atoms with Gasteiger partial charge in [0.1, 0.15) is 5.75 Å². The number of nitrogens with two attached hydrogens (primary N) is 1. The van der Waals surface area contributed by atoms with Crippen LogP contribution in [-0.4, -0.2) is 19.7 Å². The van der Waals surface area contributed by atoms with Crippen LogP contribution >= 0.6 is 11.6 Å². The van der Waals surface area contributed by atoms with Gasteiger partial charge in [0.15, 0.2) is 0 Å². The molecule has 0 heterocycles. The molecule has 18 heavy (non-hydrogen) atoms. The van der Waals surface area contributed by atoms with Gasteiger partial charge in [0.2, 0.25) is 0 Å². The van der Waals surface area contributed by atoms with Gasteiger partial charge in [-0.15, -0.1) is 0 Å². The second-order valence-corrected chi connectivity index (χ2v) is 4.41. The minimum absolute atomic E-state index is 0.0594. The van der Waals surface area contributed by atoms with E-state index in [2.05, 4.69) is 4.74 Å². The Morgan fingerprint density at radius 2 is 2.22 bits per heavy atom. The molecule has 0 amide bonds. The van der Waals surface area contributed by atoms with Gasteiger partial charge in [-0.05, 0) is 31.0 Å². The van der Waals surface area contributed by atoms with E-state index < -0.39 is 0 Å². The van der Waals surface area contributed by atoms with Crippen LogP contribution < -0.4 is 10.5 Å². The molecule has 0 radical (unpaired) electrons. The standard InChI is InChI=1S/C13H18ClNO3/c1-9(15)10-5-6-12(11(14)8-10)18-7-3-4-13(16)17-2/h5-6,8-9H,3-4,7,15H2,1-2H3/t9-/m1/s1. The molecule has 0 bridgehead atoms. The Hall–Kier alpha value is -1.26. The smallest absolute Gasteiger partial charge is 0.305 e. The van der Waals surface area contributed by atoms with Gasteiger partial charge >= 0.3 is 5.97 Å². The second-order valence-electron chi connectivity index (χ2n) is 4.01. The van der Waals surface area contributed by atoms with E-state index in [-0.39, 0.29) is 12.0 Å². The van der Waals surface area contributed by atoms with Crippen LogP contribution in [0.25, 0.3) is 0 Å². The zero-order valence-corrected chi connectivity index (χ0v) is 11.4. The van der Waals surface area contributed by atoms with E-state index in [1.54, 1.807) is 12.1 Å². The van der Waals surface area contributed by atoms with Gasteiger partial charge in [-0.2, -0.15) is 0 Å². The van der Waals surface area contributed by atoms with Crippen molar-refractivity contribution < 1.29 is 14.3 Å². The molecule has 1 aromatic carbocycles. The van der Waals surface area contributed by atoms with Crippen LogP contribution in [0.4, 0.5) is 0 Å². The number of benzene rings is 1. The third kappa shape index (κ3) is 4.55. The Bertz CT molecular complexity index is 407. The molecule has 1 aromatic rings. The summed E-state index contributed by atoms with van der Waals surface area (Å²) in [4.78, 5) is 10.9. The van der Waals surface area contributed by atoms with Crippen LogP contribution in [-0.2, 0) is 9.53 Å². The number of hydrogen-bond acceptors (Lipinski definition) is 4. The zero-order chi connectivity index (χ0) is 13.5. The SMILES string of the molecule is COC(=O)CCCOc1ccc([C@@H](C)N)cc1Cl. The topological polar surface area (TPSA) is 61.5 Å². The van der Waals surface area contributed by atoms with E-state index in [0.29, 0.717) is 30.2 Å². The van der Waals surface area contributed by atoms with Crippen molar-refractivity contribution in [2.75, 3.05) is 13.7 Å². The summed E-state index contributed by atoms with van der Waals surface area (Å²) in [6.45, 7) is 2.31. The van der Waals surface area contributed by atoms with Crippen molar-refractivity contribution in [2.45, 2.75) is 25.8 Å². The molecule has 100 valence electrons. The monoisotopic (exact) mass is 271 g/mol. The number of carbonyl (C=O) groups is 1. The number of esters is 1. The minimum Gasteiger partial charge on any atom is -0.492 e. The molecular weight excluding hydrogens is 254 g/mol. The lowest BCUT2D eigenvalue weighted by molar-refractivity contribution is -0.140. The summed E-state index contributed by atoms with van der Waals surface area (Å²) >= 11 is 6.07. The van der Waals surface area contributed by atoms with Crippen LogP contribution in [0.2, 0.25) is 5.02 Å². The zero-order valence-electron chi connectivity index (χ0n) is 10.6. The van der Waals surface area contributed by atoms with E-state index in [9.17, 15) is 4.79 Å². The van der Waals surface area contributed by atoms with Crippen molar-refractivity contribution in [3.8, 4) is 5.75 Å². The molecule has 0 fully saturated rings. The number of carbonyl (C=O) groups excluding carboxylic acids is 1. The van der Waals surface area contributed by atoms with Crippen LogP contribution in [0, 0.1) is 0 Å². The van der Waals surface area contributed by atoms with Gasteiger partial charge in [0, 0.05) is 12.5 Å². The fourth-order valence-corrected chi connectivity index (χ4v) is 1.66. The van der Waals surface area contributed by atoms with Crippen LogP contribution in [0.1, 0.15) is 31.4 Å². The summed E-state index contributed by atoms with van der Waals surface area (Å²) in [7, 11) is 1.37. The lowest BCUT2D eigenvalue weighted by Crippen LogP contribution is -2.06. The average Bonchev–Trinajstić information content (AvgIpc) is 2.35. The second kappa shape index (κ2) is 7.24. The minimum atomic E-state index is -0.239. The number of methoxy groups -OCH3 is 1. The molecule has 0 aliphatic rings. The predicted molar refractivity (Wildman–Crippen MR) is 70.8 cm³/mol. The summed E-state index contributed by atoms with van der Waals surface area (Å²) in [5, 5.41) is 0.530. The summed E-state index contributed by atoms with van der Waals surface area (Å²) in [5.41, 5.74) is 6.71. The quantitative estimate of drug-likeness (QED) is 0.638. The van der Waals surface area contributed by atoms with Gasteiger partial charge in [0.25, 0.3) is 0 Å². The maximum absolute atomic E-state index is 10.9. The maximum atomic E-state index is 10.9. The van der Waals surface area contributed by atoms with E-state index in [1.165, 1.54) is 7.11 Å². The molecular formula is C13H18ClNO3. The van der Waals surface area contributed by atoms with Crippen molar-refractivity contribution in [1.82, 2.24) is 0 Å². The van der Waals surface area contributed by atoms with Crippen molar-refractivity contribution in [2.24, 2.45) is 5.73 Å². The van der Waals surface area contributed by atoms with Crippen LogP contribution in [0.5, 0.6) is 5.75 Å². The average molecular weight is 272 g/mol. The molecule has 1 rings (SSSR count). The van der Waals surface area contributed by atoms with Gasteiger partial charge < -0.3 is 15.2 Å². The Balaban J connectivity index is 2.45. The third-order valence-corrected chi connectivity index (χ3v) is 2.79. The maximum Gasteiger partial charge on any atom is 0.305 e. The highest BCUT2D eigenvalue weighted by atomic mass is 35.5. The van der Waals surface area contributed by atoms with E-state index >= 15 is 0 Å². The van der Waals surface area contributed by atoms with E-state index in [4.69, 9.17) is 22.1 Å². The van der Waals surface area contributed by atoms with Crippen molar-refractivity contribution in [1.29, 1.82) is 0 Å². The number of halogens is 1. The first-order valence-corrected chi connectivity index (χ1v) is 6.17. The number of hydrogen-bond donors (Lipinski definition) is 1. The first kappa shape index (κ1) is 14.8. The Morgan fingerprint density at radius 3 is 2.78 bits per heavy atom. The predicted octanol–water partition coefficient (Wildman–Crippen LogP) is 2.69. The largest absolute Gasteiger partial charge is 0.492 e. The molecule has 4 nitrogen and oxygen atoms in total. The summed E-state index contributed by atoms with van der Waals surface area (Å²) in [6, 6.07) is 5.41. The van der Waals surface area contributed by atoms with Gasteiger partial charge in [-0.1, -0.05) is 17.7 Å². The lowest BCUT2D eigenvalue weighted by Gasteiger charge is -2.11. The van der Waals surface area contributed by atoms with Crippen molar-refractivity contribution in [3.05, 3.63) is 28.8 Å². The highest BCUT2D eigenvalue weighted by Gasteiger charge is 2.06. The van der Waals surface area contributed by atoms with Crippen LogP contribution in [0.3, 0.4) is 0 Å². The molecule has 0 spiro atoms. The normalized spacial score (nSPS) is 12.0. The first-order valence-electron chi connectivity index (χ1n) is 5.79. The summed E-state index contributed by atoms with van der Waals surface area (Å²) < 4.78 is 10.0. The van der Waals surface area contributed by atoms with Crippen molar-refractivity contribution in [3.63, 3.8) is 0 Å². The lowest BCUT2D eigenvalue weighted by atomic mass is 10.1. The molecule has 0 aliphatic heterocycles. The molecule has 2 N–H and O–H groups in total. The Labute approximate surface area is 112 Å². The summed E-state index contributed by atoms with van der Waals surface area (Å²) in [5.74, 6) is 0.364. The molecule has 0 saturated heterocycles. The molecule has 1 atom stereocenters. The van der Waals surface area contributed by atoms with Gasteiger partial charge in [-0.3, -0.25) is 4.79 Å². The Morgan fingerprint density at radius 1 is 1.50 bits per heavy atom. The van der Waals surface area contributed by atoms with Gasteiger partial charge in [-0.25, -0.2) is 0 Å². The van der Waals surface area contributed by atoms with Gasteiger partial charge in [0.05, 0.1) is 18.7 Å².